The summed E-state index contributed by atoms with van der Waals surface area (Å²) in [7, 11) is 3.21. The minimum absolute atomic E-state index is 0.0300. The van der Waals surface area contributed by atoms with Gasteiger partial charge < -0.3 is 19.7 Å². The predicted octanol–water partition coefficient (Wildman–Crippen LogP) is 5.43. The molecule has 6 nitrogen and oxygen atoms in total. The molecule has 1 saturated heterocycles. The molecule has 0 saturated carbocycles. The van der Waals surface area contributed by atoms with Gasteiger partial charge in [0.05, 0.1) is 25.4 Å². The van der Waals surface area contributed by atoms with E-state index in [4.69, 9.17) is 14.5 Å². The second-order valence-electron chi connectivity index (χ2n) is 8.45. The number of hydrogen-bond acceptors (Lipinski definition) is 5. The molecule has 1 aliphatic rings. The number of amides is 1. The standard InChI is InChI=1S/C26H31N3O3/c1-5-18-8-10-19(11-9-18)27-21-14-23(26(30)29-12-6-7-17(2)16-29)28-22-15-25(32-4)24(31-3)13-20(21)22/h8-11,13-15,17H,5-7,12,16H2,1-4H3,(H,27,28)/t17-/m1/s1. The molecule has 2 aromatic carbocycles. The molecule has 1 atom stereocenters. The summed E-state index contributed by atoms with van der Waals surface area (Å²) in [5, 5.41) is 4.35. The molecule has 1 N–H and O–H groups in total. The summed E-state index contributed by atoms with van der Waals surface area (Å²) < 4.78 is 11.0. The van der Waals surface area contributed by atoms with Crippen LogP contribution in [-0.2, 0) is 6.42 Å². The Morgan fingerprint density at radius 3 is 2.50 bits per heavy atom. The number of anilines is 2. The van der Waals surface area contributed by atoms with Crippen LogP contribution in [0.3, 0.4) is 0 Å². The van der Waals surface area contributed by atoms with E-state index in [1.165, 1.54) is 5.56 Å². The van der Waals surface area contributed by atoms with Gasteiger partial charge in [-0.05, 0) is 55.0 Å². The minimum atomic E-state index is -0.0300. The first-order chi connectivity index (χ1) is 15.5. The van der Waals surface area contributed by atoms with Crippen molar-refractivity contribution in [2.75, 3.05) is 32.6 Å². The maximum atomic E-state index is 13.3. The topological polar surface area (TPSA) is 63.7 Å². The molecule has 1 amide bonds. The van der Waals surface area contributed by atoms with E-state index in [0.29, 0.717) is 28.6 Å². The maximum absolute atomic E-state index is 13.3. The van der Waals surface area contributed by atoms with Crippen LogP contribution in [0.4, 0.5) is 11.4 Å². The molecule has 2 heterocycles. The lowest BCUT2D eigenvalue weighted by atomic mass is 10.00. The highest BCUT2D eigenvalue weighted by atomic mass is 16.5. The van der Waals surface area contributed by atoms with Crippen molar-refractivity contribution in [3.05, 3.63) is 53.7 Å². The first-order valence-corrected chi connectivity index (χ1v) is 11.2. The van der Waals surface area contributed by atoms with Crippen LogP contribution in [-0.4, -0.2) is 43.1 Å². The van der Waals surface area contributed by atoms with Gasteiger partial charge in [0.15, 0.2) is 11.5 Å². The van der Waals surface area contributed by atoms with Crippen molar-refractivity contribution < 1.29 is 14.3 Å². The molecule has 1 aromatic heterocycles. The van der Waals surface area contributed by atoms with Crippen molar-refractivity contribution in [2.24, 2.45) is 5.92 Å². The van der Waals surface area contributed by atoms with Gasteiger partial charge in [0, 0.05) is 30.2 Å². The van der Waals surface area contributed by atoms with E-state index in [1.807, 2.05) is 23.1 Å². The van der Waals surface area contributed by atoms with Crippen LogP contribution < -0.4 is 14.8 Å². The third kappa shape index (κ3) is 4.49. The van der Waals surface area contributed by atoms with Crippen LogP contribution in [0, 0.1) is 5.92 Å². The van der Waals surface area contributed by atoms with Crippen molar-refractivity contribution in [2.45, 2.75) is 33.1 Å². The largest absolute Gasteiger partial charge is 0.493 e. The molecule has 3 aromatic rings. The van der Waals surface area contributed by atoms with Crippen molar-refractivity contribution in [3.8, 4) is 11.5 Å². The van der Waals surface area contributed by atoms with E-state index in [0.717, 1.165) is 49.1 Å². The normalized spacial score (nSPS) is 16.1. The molecule has 6 heteroatoms. The van der Waals surface area contributed by atoms with Gasteiger partial charge in [-0.15, -0.1) is 0 Å². The lowest BCUT2D eigenvalue weighted by Crippen LogP contribution is -2.39. The average Bonchev–Trinajstić information content (AvgIpc) is 2.83. The summed E-state index contributed by atoms with van der Waals surface area (Å²) in [6.07, 6.45) is 3.18. The van der Waals surface area contributed by atoms with Gasteiger partial charge in [0.1, 0.15) is 5.69 Å². The van der Waals surface area contributed by atoms with Gasteiger partial charge in [0.25, 0.3) is 5.91 Å². The zero-order chi connectivity index (χ0) is 22.7. The molecular weight excluding hydrogens is 402 g/mol. The summed E-state index contributed by atoms with van der Waals surface area (Å²) >= 11 is 0. The molecule has 0 unspecified atom stereocenters. The number of fused-ring (bicyclic) bond motifs is 1. The van der Waals surface area contributed by atoms with Crippen LogP contribution in [0.1, 0.15) is 42.7 Å². The van der Waals surface area contributed by atoms with Gasteiger partial charge in [-0.2, -0.15) is 0 Å². The molecule has 168 valence electrons. The van der Waals surface area contributed by atoms with E-state index >= 15 is 0 Å². The second-order valence-corrected chi connectivity index (χ2v) is 8.45. The number of nitrogens with one attached hydrogen (secondary N) is 1. The average molecular weight is 434 g/mol. The third-order valence-electron chi connectivity index (χ3n) is 6.12. The van der Waals surface area contributed by atoms with Gasteiger partial charge in [0.2, 0.25) is 0 Å². The molecule has 4 rings (SSSR count). The van der Waals surface area contributed by atoms with Crippen LogP contribution in [0.2, 0.25) is 0 Å². The highest BCUT2D eigenvalue weighted by Crippen LogP contribution is 2.36. The molecule has 1 aliphatic heterocycles. The molecule has 0 spiro atoms. The van der Waals surface area contributed by atoms with Gasteiger partial charge in [-0.1, -0.05) is 26.0 Å². The summed E-state index contributed by atoms with van der Waals surface area (Å²) in [5.74, 6) is 1.68. The van der Waals surface area contributed by atoms with Crippen LogP contribution in [0.5, 0.6) is 11.5 Å². The van der Waals surface area contributed by atoms with Crippen LogP contribution in [0.15, 0.2) is 42.5 Å². The number of pyridine rings is 1. The maximum Gasteiger partial charge on any atom is 0.272 e. The number of methoxy groups -OCH3 is 2. The number of ether oxygens (including phenoxy) is 2. The quantitative estimate of drug-likeness (QED) is 0.562. The Hall–Kier alpha value is -3.28. The van der Waals surface area contributed by atoms with Gasteiger partial charge >= 0.3 is 0 Å². The molecule has 0 aliphatic carbocycles. The molecule has 0 radical (unpaired) electrons. The van der Waals surface area contributed by atoms with Crippen LogP contribution >= 0.6 is 0 Å². The number of piperidine rings is 1. The molecule has 1 fully saturated rings. The number of aryl methyl sites for hydroxylation is 1. The fraction of sp³-hybridized carbons (Fsp3) is 0.385. The first-order valence-electron chi connectivity index (χ1n) is 11.2. The smallest absolute Gasteiger partial charge is 0.272 e. The SMILES string of the molecule is CCc1ccc(Nc2cc(C(=O)N3CCC[C@@H](C)C3)nc3cc(OC)c(OC)cc23)cc1. The van der Waals surface area contributed by atoms with E-state index in [-0.39, 0.29) is 5.91 Å². The fourth-order valence-corrected chi connectivity index (χ4v) is 4.28. The van der Waals surface area contributed by atoms with Crippen molar-refractivity contribution in [1.82, 2.24) is 9.88 Å². The number of nitrogens with zero attached hydrogens (tertiary/aromatic N) is 2. The molecule has 32 heavy (non-hydrogen) atoms. The Labute approximate surface area is 189 Å². The summed E-state index contributed by atoms with van der Waals surface area (Å²) in [5.41, 5.74) is 4.16. The van der Waals surface area contributed by atoms with Crippen molar-refractivity contribution in [1.29, 1.82) is 0 Å². The van der Waals surface area contributed by atoms with E-state index in [1.54, 1.807) is 14.2 Å². The zero-order valence-electron chi connectivity index (χ0n) is 19.3. The monoisotopic (exact) mass is 433 g/mol. The number of rotatable bonds is 6. The Balaban J connectivity index is 1.79. The highest BCUT2D eigenvalue weighted by molar-refractivity contribution is 6.01. The van der Waals surface area contributed by atoms with Gasteiger partial charge in [-0.3, -0.25) is 4.79 Å². The first kappa shape index (κ1) is 21.9. The fourth-order valence-electron chi connectivity index (χ4n) is 4.28. The Bertz CT molecular complexity index is 1110. The second kappa shape index (κ2) is 9.47. The number of carbonyl (C=O) groups is 1. The Morgan fingerprint density at radius 2 is 1.84 bits per heavy atom. The van der Waals surface area contributed by atoms with Crippen LogP contribution in [0.25, 0.3) is 10.9 Å². The Kier molecular flexibility index (Phi) is 6.49. The number of carbonyl (C=O) groups excluding carboxylic acids is 1. The Morgan fingerprint density at radius 1 is 1.12 bits per heavy atom. The number of aromatic nitrogens is 1. The number of hydrogen-bond donors (Lipinski definition) is 1. The minimum Gasteiger partial charge on any atom is -0.493 e. The van der Waals surface area contributed by atoms with Crippen molar-refractivity contribution >= 4 is 28.2 Å². The van der Waals surface area contributed by atoms with E-state index < -0.39 is 0 Å². The molecular formula is C26H31N3O3. The summed E-state index contributed by atoms with van der Waals surface area (Å²) in [6, 6.07) is 13.9. The predicted molar refractivity (Wildman–Crippen MR) is 128 cm³/mol. The van der Waals surface area contributed by atoms with Gasteiger partial charge in [-0.25, -0.2) is 4.98 Å². The van der Waals surface area contributed by atoms with E-state index in [9.17, 15) is 4.79 Å². The zero-order valence-corrected chi connectivity index (χ0v) is 19.3. The summed E-state index contributed by atoms with van der Waals surface area (Å²) in [6.45, 7) is 5.87. The lowest BCUT2D eigenvalue weighted by molar-refractivity contribution is 0.0677. The highest BCUT2D eigenvalue weighted by Gasteiger charge is 2.24. The van der Waals surface area contributed by atoms with E-state index in [2.05, 4.69) is 43.4 Å². The third-order valence-corrected chi connectivity index (χ3v) is 6.12. The lowest BCUT2D eigenvalue weighted by Gasteiger charge is -2.30. The molecule has 0 bridgehead atoms. The van der Waals surface area contributed by atoms with Crippen molar-refractivity contribution in [3.63, 3.8) is 0 Å². The number of likely N-dealkylation sites (tertiary alicyclic amines) is 1. The number of benzene rings is 2. The summed E-state index contributed by atoms with van der Waals surface area (Å²) in [4.78, 5) is 20.0.